The van der Waals surface area contributed by atoms with Crippen LogP contribution in [-0.4, -0.2) is 26.2 Å². The maximum Gasteiger partial charge on any atom is 0.338 e. The van der Waals surface area contributed by atoms with Gasteiger partial charge in [0.1, 0.15) is 5.41 Å². The fourth-order valence-corrected chi connectivity index (χ4v) is 4.41. The van der Waals surface area contributed by atoms with E-state index in [-0.39, 0.29) is 17.9 Å². The van der Waals surface area contributed by atoms with E-state index >= 15 is 0 Å². The molecule has 0 radical (unpaired) electrons. The minimum absolute atomic E-state index is 0.0983. The molecule has 2 atom stereocenters. The van der Waals surface area contributed by atoms with Crippen molar-refractivity contribution in [2.75, 3.05) is 14.2 Å². The predicted molar refractivity (Wildman–Crippen MR) is 90.8 cm³/mol. The Morgan fingerprint density at radius 1 is 1.25 bits per heavy atom. The summed E-state index contributed by atoms with van der Waals surface area (Å²) < 4.78 is 10.1. The summed E-state index contributed by atoms with van der Waals surface area (Å²) in [5.41, 5.74) is 3.70. The third-order valence-electron chi connectivity index (χ3n) is 5.23. The molecule has 0 saturated carbocycles. The van der Waals surface area contributed by atoms with Crippen LogP contribution in [-0.2, 0) is 26.1 Å². The quantitative estimate of drug-likeness (QED) is 0.618. The molecule has 24 heavy (non-hydrogen) atoms. The fourth-order valence-electron chi connectivity index (χ4n) is 4.41. The third-order valence-corrected chi connectivity index (χ3v) is 5.23. The van der Waals surface area contributed by atoms with Gasteiger partial charge in [-0.05, 0) is 49.5 Å². The first-order chi connectivity index (χ1) is 11.5. The minimum Gasteiger partial charge on any atom is -0.468 e. The maximum absolute atomic E-state index is 12.9. The van der Waals surface area contributed by atoms with Crippen LogP contribution in [0.25, 0.3) is 0 Å². The summed E-state index contributed by atoms with van der Waals surface area (Å²) in [6.45, 7) is 4.01. The molecule has 126 valence electrons. The Bertz CT molecular complexity index is 772. The van der Waals surface area contributed by atoms with E-state index in [1.165, 1.54) is 19.8 Å². The molecule has 0 aliphatic heterocycles. The number of benzene rings is 1. The van der Waals surface area contributed by atoms with Crippen molar-refractivity contribution in [3.8, 4) is 0 Å². The van der Waals surface area contributed by atoms with Crippen molar-refractivity contribution in [1.82, 2.24) is 0 Å². The van der Waals surface area contributed by atoms with E-state index in [4.69, 9.17) is 9.47 Å². The highest BCUT2D eigenvalue weighted by molar-refractivity contribution is 5.95. The van der Waals surface area contributed by atoms with Crippen LogP contribution in [0.4, 0.5) is 0 Å². The first-order valence-corrected chi connectivity index (χ1v) is 8.12. The van der Waals surface area contributed by atoms with E-state index in [0.29, 0.717) is 18.4 Å². The SMILES string of the molecule is C/C=C1\C2C=C(C)CC1(C(=O)OC)c1cccc(C(=O)OC)c1C2. The van der Waals surface area contributed by atoms with Gasteiger partial charge >= 0.3 is 11.9 Å². The number of esters is 2. The molecule has 2 aliphatic rings. The van der Waals surface area contributed by atoms with Gasteiger partial charge in [0.25, 0.3) is 0 Å². The van der Waals surface area contributed by atoms with Crippen molar-refractivity contribution >= 4 is 11.9 Å². The Morgan fingerprint density at radius 2 is 2.00 bits per heavy atom. The van der Waals surface area contributed by atoms with Gasteiger partial charge in [-0.2, -0.15) is 0 Å². The number of hydrogen-bond acceptors (Lipinski definition) is 4. The second-order valence-electron chi connectivity index (χ2n) is 6.46. The van der Waals surface area contributed by atoms with Gasteiger partial charge < -0.3 is 9.47 Å². The van der Waals surface area contributed by atoms with Crippen molar-refractivity contribution in [3.63, 3.8) is 0 Å². The Kier molecular flexibility index (Phi) is 4.08. The van der Waals surface area contributed by atoms with Crippen LogP contribution in [0.5, 0.6) is 0 Å². The Hall–Kier alpha value is -2.36. The number of carbonyl (C=O) groups excluding carboxylic acids is 2. The van der Waals surface area contributed by atoms with E-state index in [1.807, 2.05) is 32.1 Å². The van der Waals surface area contributed by atoms with Crippen LogP contribution >= 0.6 is 0 Å². The summed E-state index contributed by atoms with van der Waals surface area (Å²) in [7, 11) is 2.80. The van der Waals surface area contributed by atoms with Crippen LogP contribution < -0.4 is 0 Å². The standard InChI is InChI=1S/C20H22O4/c1-5-16-13-9-12(2)11-20(16,19(22)24-4)17-8-6-7-14(15(17)10-13)18(21)23-3/h5-9,13H,10-11H2,1-4H3/b16-5+. The van der Waals surface area contributed by atoms with Gasteiger partial charge in [0.05, 0.1) is 19.8 Å². The summed E-state index contributed by atoms with van der Waals surface area (Å²) in [4.78, 5) is 25.1. The van der Waals surface area contributed by atoms with Crippen LogP contribution in [0.15, 0.2) is 41.5 Å². The molecule has 0 amide bonds. The van der Waals surface area contributed by atoms with E-state index in [0.717, 1.165) is 16.7 Å². The van der Waals surface area contributed by atoms with Crippen molar-refractivity contribution in [3.05, 3.63) is 58.2 Å². The second kappa shape index (κ2) is 5.93. The zero-order chi connectivity index (χ0) is 17.5. The molecule has 2 unspecified atom stereocenters. The molecule has 1 aromatic rings. The number of carbonyl (C=O) groups is 2. The zero-order valence-corrected chi connectivity index (χ0v) is 14.5. The highest BCUT2D eigenvalue weighted by atomic mass is 16.5. The van der Waals surface area contributed by atoms with Crippen molar-refractivity contribution in [2.24, 2.45) is 5.92 Å². The number of allylic oxidation sites excluding steroid dienone is 3. The predicted octanol–water partition coefficient (Wildman–Crippen LogP) is 3.35. The molecule has 2 aliphatic carbocycles. The first-order valence-electron chi connectivity index (χ1n) is 8.12. The van der Waals surface area contributed by atoms with Gasteiger partial charge in [0.2, 0.25) is 0 Å². The molecule has 0 fully saturated rings. The van der Waals surface area contributed by atoms with Crippen LogP contribution in [0.1, 0.15) is 41.8 Å². The largest absolute Gasteiger partial charge is 0.468 e. The van der Waals surface area contributed by atoms with E-state index in [1.54, 1.807) is 6.07 Å². The molecule has 0 saturated heterocycles. The number of hydrogen-bond donors (Lipinski definition) is 0. The molecule has 0 N–H and O–H groups in total. The molecule has 0 heterocycles. The summed E-state index contributed by atoms with van der Waals surface area (Å²) in [6, 6.07) is 5.52. The van der Waals surface area contributed by atoms with Gasteiger partial charge in [0.15, 0.2) is 0 Å². The average Bonchev–Trinajstić information content (AvgIpc) is 2.59. The van der Waals surface area contributed by atoms with E-state index < -0.39 is 5.41 Å². The van der Waals surface area contributed by atoms with E-state index in [2.05, 4.69) is 6.08 Å². The normalized spacial score (nSPS) is 26.4. The average molecular weight is 326 g/mol. The lowest BCUT2D eigenvalue weighted by atomic mass is 9.56. The van der Waals surface area contributed by atoms with Gasteiger partial charge in [-0.15, -0.1) is 0 Å². The number of rotatable bonds is 2. The molecule has 1 aromatic carbocycles. The summed E-state index contributed by atoms with van der Waals surface area (Å²) >= 11 is 0. The lowest BCUT2D eigenvalue weighted by molar-refractivity contribution is -0.146. The zero-order valence-electron chi connectivity index (χ0n) is 14.5. The minimum atomic E-state index is -0.843. The highest BCUT2D eigenvalue weighted by Gasteiger charge is 2.53. The molecule has 4 heteroatoms. The lowest BCUT2D eigenvalue weighted by Crippen LogP contribution is -2.47. The number of methoxy groups -OCH3 is 2. The lowest BCUT2D eigenvalue weighted by Gasteiger charge is -2.46. The molecule has 0 spiro atoms. The maximum atomic E-state index is 12.9. The van der Waals surface area contributed by atoms with Gasteiger partial charge in [0, 0.05) is 5.92 Å². The molecular formula is C20H22O4. The molecular weight excluding hydrogens is 304 g/mol. The van der Waals surface area contributed by atoms with Crippen molar-refractivity contribution in [2.45, 2.75) is 32.1 Å². The van der Waals surface area contributed by atoms with E-state index in [9.17, 15) is 9.59 Å². The Labute approximate surface area is 142 Å². The first kappa shape index (κ1) is 16.5. The second-order valence-corrected chi connectivity index (χ2v) is 6.46. The van der Waals surface area contributed by atoms with Gasteiger partial charge in [-0.3, -0.25) is 4.79 Å². The topological polar surface area (TPSA) is 52.6 Å². The van der Waals surface area contributed by atoms with Crippen molar-refractivity contribution < 1.29 is 19.1 Å². The number of ether oxygens (including phenoxy) is 2. The molecule has 4 nitrogen and oxygen atoms in total. The third kappa shape index (κ3) is 2.13. The van der Waals surface area contributed by atoms with Crippen LogP contribution in [0, 0.1) is 5.92 Å². The number of fused-ring (bicyclic) bond motifs is 4. The monoisotopic (exact) mass is 326 g/mol. The summed E-state index contributed by atoms with van der Waals surface area (Å²) in [6.07, 6.45) is 5.50. The highest BCUT2D eigenvalue weighted by Crippen LogP contribution is 2.52. The van der Waals surface area contributed by atoms with Crippen molar-refractivity contribution in [1.29, 1.82) is 0 Å². The summed E-state index contributed by atoms with van der Waals surface area (Å²) in [5.74, 6) is -0.535. The van der Waals surface area contributed by atoms with Crippen LogP contribution in [0.3, 0.4) is 0 Å². The van der Waals surface area contributed by atoms with Crippen LogP contribution in [0.2, 0.25) is 0 Å². The van der Waals surface area contributed by atoms with Gasteiger partial charge in [-0.1, -0.05) is 29.9 Å². The summed E-state index contributed by atoms with van der Waals surface area (Å²) in [5, 5.41) is 0. The Morgan fingerprint density at radius 3 is 2.62 bits per heavy atom. The molecule has 2 bridgehead atoms. The Balaban J connectivity index is 2.34. The van der Waals surface area contributed by atoms with Gasteiger partial charge in [-0.25, -0.2) is 4.79 Å². The molecule has 0 aromatic heterocycles. The molecule has 3 rings (SSSR count). The smallest absolute Gasteiger partial charge is 0.338 e. The fraction of sp³-hybridized carbons (Fsp3) is 0.400.